The van der Waals surface area contributed by atoms with Crippen LogP contribution in [0.1, 0.15) is 33.0 Å². The van der Waals surface area contributed by atoms with Crippen LogP contribution >= 0.6 is 23.2 Å². The highest BCUT2D eigenvalue weighted by atomic mass is 35.5. The lowest BCUT2D eigenvalue weighted by molar-refractivity contribution is -0.140. The first kappa shape index (κ1) is 28.4. The second-order valence-electron chi connectivity index (χ2n) is 7.82. The van der Waals surface area contributed by atoms with Crippen molar-refractivity contribution < 1.29 is 35.5 Å². The number of carbonyl (C=O) groups excluding carboxylic acids is 1. The van der Waals surface area contributed by atoms with E-state index in [1.54, 1.807) is 0 Å². The third kappa shape index (κ3) is 7.20. The average molecular weight is 566 g/mol. The molecule has 1 atom stereocenters. The Bertz CT molecular complexity index is 1290. The van der Waals surface area contributed by atoms with Crippen molar-refractivity contribution in [3.05, 3.63) is 93.2 Å². The highest BCUT2D eigenvalue weighted by Gasteiger charge is 2.41. The van der Waals surface area contributed by atoms with Gasteiger partial charge in [-0.15, -0.1) is 0 Å². The normalized spacial score (nSPS) is 13.4. The molecule has 3 aromatic rings. The molecule has 1 aromatic heterocycles. The predicted molar refractivity (Wildman–Crippen MR) is 125 cm³/mol. The molecule has 0 bridgehead atoms. The summed E-state index contributed by atoms with van der Waals surface area (Å²) in [5, 5.41) is -0.280. The van der Waals surface area contributed by atoms with Crippen molar-refractivity contribution in [1.82, 2.24) is 9.97 Å². The topological polar surface area (TPSA) is 46.1 Å². The van der Waals surface area contributed by atoms with Gasteiger partial charge in [-0.25, -0.2) is 14.4 Å². The molecule has 37 heavy (non-hydrogen) atoms. The molecule has 196 valence electrons. The minimum absolute atomic E-state index is 0.0781. The van der Waals surface area contributed by atoms with Crippen LogP contribution in [0, 0.1) is 0 Å². The highest BCUT2D eigenvalue weighted by Crippen LogP contribution is 2.41. The van der Waals surface area contributed by atoms with Gasteiger partial charge in [-0.3, -0.25) is 4.79 Å². The summed E-state index contributed by atoms with van der Waals surface area (Å²) in [6, 6.07) is 6.32. The number of benzene rings is 2. The molecule has 0 spiro atoms. The molecule has 0 saturated carbocycles. The molecule has 0 aliphatic heterocycles. The zero-order valence-corrected chi connectivity index (χ0v) is 20.2. The maximum absolute atomic E-state index is 15.0. The largest absolute Gasteiger partial charge is 0.417 e. The van der Waals surface area contributed by atoms with E-state index >= 15 is 0 Å². The molecule has 1 unspecified atom stereocenters. The van der Waals surface area contributed by atoms with E-state index in [4.69, 9.17) is 23.2 Å². The summed E-state index contributed by atoms with van der Waals surface area (Å²) in [6.07, 6.45) is -7.25. The van der Waals surface area contributed by atoms with Crippen molar-refractivity contribution in [2.45, 2.75) is 18.3 Å². The lowest BCUT2D eigenvalue weighted by Crippen LogP contribution is -2.28. The number of anilines is 1. The summed E-state index contributed by atoms with van der Waals surface area (Å²) in [7, 11) is 1.39. The van der Waals surface area contributed by atoms with Crippen molar-refractivity contribution in [3.63, 3.8) is 0 Å². The number of carbonyl (C=O) groups is 1. The fourth-order valence-corrected chi connectivity index (χ4v) is 3.95. The van der Waals surface area contributed by atoms with Gasteiger partial charge in [-0.2, -0.15) is 26.3 Å². The lowest BCUT2D eigenvalue weighted by Gasteiger charge is -2.19. The molecule has 0 radical (unpaired) electrons. The minimum Gasteiger partial charge on any atom is -0.336 e. The van der Waals surface area contributed by atoms with E-state index in [0.717, 1.165) is 18.2 Å². The molecule has 2 aromatic carbocycles. The van der Waals surface area contributed by atoms with Crippen LogP contribution in [-0.4, -0.2) is 35.5 Å². The number of halogens is 9. The Kier molecular flexibility index (Phi) is 8.49. The van der Waals surface area contributed by atoms with Gasteiger partial charge in [0.25, 0.3) is 0 Å². The summed E-state index contributed by atoms with van der Waals surface area (Å²) in [5.41, 5.74) is -3.60. The van der Waals surface area contributed by atoms with Crippen molar-refractivity contribution in [1.29, 1.82) is 0 Å². The van der Waals surface area contributed by atoms with Gasteiger partial charge in [-0.05, 0) is 42.0 Å². The van der Waals surface area contributed by atoms with Gasteiger partial charge in [0.1, 0.15) is 11.7 Å². The fraction of sp³-hybridized carbons (Fsp3) is 0.208. The lowest BCUT2D eigenvalue weighted by atomic mass is 9.95. The standard InChI is InChI=1S/C24H16Cl2F7N3O/c1-36(22-34-5-2-6-35-22)12-21(37)17-4-3-13(9-19(17)24(31,32)33)20(27)11-18(23(28,29)30)14-7-15(25)10-16(26)8-14/h2-11,18H,12H2,1H3/b20-11-. The Balaban J connectivity index is 2.00. The number of allylic oxidation sites excluding steroid dienone is 1. The number of likely N-dealkylation sites (N-methyl/N-ethyl adjacent to an activating group) is 1. The van der Waals surface area contributed by atoms with Crippen LogP contribution in [0.4, 0.5) is 36.7 Å². The number of rotatable bonds is 7. The summed E-state index contributed by atoms with van der Waals surface area (Å²) in [5.74, 6) is -5.05. The predicted octanol–water partition coefficient (Wildman–Crippen LogP) is 7.78. The Morgan fingerprint density at radius 3 is 2.14 bits per heavy atom. The number of hydrogen-bond donors (Lipinski definition) is 0. The summed E-state index contributed by atoms with van der Waals surface area (Å²) in [6.45, 7) is -0.545. The molecule has 1 heterocycles. The fourth-order valence-electron chi connectivity index (χ4n) is 3.41. The number of hydrogen-bond acceptors (Lipinski definition) is 4. The first-order valence-corrected chi connectivity index (χ1v) is 11.1. The molecule has 0 fully saturated rings. The maximum atomic E-state index is 15.0. The first-order chi connectivity index (χ1) is 17.2. The van der Waals surface area contributed by atoms with E-state index in [-0.39, 0.29) is 28.1 Å². The molecule has 0 saturated heterocycles. The van der Waals surface area contributed by atoms with Gasteiger partial charge in [0.2, 0.25) is 5.95 Å². The Morgan fingerprint density at radius 2 is 1.59 bits per heavy atom. The smallest absolute Gasteiger partial charge is 0.336 e. The summed E-state index contributed by atoms with van der Waals surface area (Å²) in [4.78, 5) is 21.6. The van der Waals surface area contributed by atoms with Crippen LogP contribution in [-0.2, 0) is 6.18 Å². The number of nitrogens with zero attached hydrogens (tertiary/aromatic N) is 3. The zero-order valence-electron chi connectivity index (χ0n) is 18.7. The van der Waals surface area contributed by atoms with Gasteiger partial charge in [0.15, 0.2) is 5.78 Å². The minimum atomic E-state index is -5.10. The number of Topliss-reactive ketones (excluding diaryl/α,β-unsaturated/α-hetero) is 1. The summed E-state index contributed by atoms with van der Waals surface area (Å²) >= 11 is 11.5. The number of alkyl halides is 6. The van der Waals surface area contributed by atoms with Gasteiger partial charge in [0, 0.05) is 40.6 Å². The average Bonchev–Trinajstić information content (AvgIpc) is 2.80. The van der Waals surface area contributed by atoms with Crippen molar-refractivity contribution in [2.75, 3.05) is 18.5 Å². The van der Waals surface area contributed by atoms with E-state index in [9.17, 15) is 35.5 Å². The summed E-state index contributed by atoms with van der Waals surface area (Å²) < 4.78 is 97.4. The van der Waals surface area contributed by atoms with Gasteiger partial charge in [-0.1, -0.05) is 35.3 Å². The van der Waals surface area contributed by atoms with Crippen LogP contribution in [0.5, 0.6) is 0 Å². The molecule has 4 nitrogen and oxygen atoms in total. The van der Waals surface area contributed by atoms with Crippen LogP contribution in [0.15, 0.2) is 60.9 Å². The van der Waals surface area contributed by atoms with Crippen LogP contribution in [0.3, 0.4) is 0 Å². The second kappa shape index (κ2) is 11.1. The number of aromatic nitrogens is 2. The molecule has 0 aliphatic carbocycles. The molecular weight excluding hydrogens is 550 g/mol. The zero-order chi connectivity index (χ0) is 27.5. The Morgan fingerprint density at radius 1 is 1.00 bits per heavy atom. The van der Waals surface area contributed by atoms with E-state index in [1.165, 1.54) is 36.5 Å². The van der Waals surface area contributed by atoms with E-state index < -0.39 is 58.7 Å². The van der Waals surface area contributed by atoms with E-state index in [0.29, 0.717) is 6.07 Å². The molecule has 0 amide bonds. The highest BCUT2D eigenvalue weighted by molar-refractivity contribution is 6.34. The monoisotopic (exact) mass is 565 g/mol. The third-order valence-corrected chi connectivity index (χ3v) is 5.52. The van der Waals surface area contributed by atoms with E-state index in [2.05, 4.69) is 9.97 Å². The van der Waals surface area contributed by atoms with Crippen molar-refractivity contribution in [2.24, 2.45) is 0 Å². The van der Waals surface area contributed by atoms with Gasteiger partial charge >= 0.3 is 12.4 Å². The van der Waals surface area contributed by atoms with E-state index in [1.807, 2.05) is 0 Å². The van der Waals surface area contributed by atoms with Crippen LogP contribution in [0.25, 0.3) is 5.83 Å². The number of ketones is 1. The van der Waals surface area contributed by atoms with Crippen LogP contribution < -0.4 is 4.90 Å². The molecule has 0 aliphatic rings. The van der Waals surface area contributed by atoms with Gasteiger partial charge < -0.3 is 4.90 Å². The SMILES string of the molecule is CN(CC(=O)c1ccc(/C(F)=C/C(c2cc(Cl)cc(Cl)c2)C(F)(F)F)cc1C(F)(F)F)c1ncccn1. The molecular formula is C24H16Cl2F7N3O. The molecule has 3 rings (SSSR count). The second-order valence-corrected chi connectivity index (χ2v) is 8.70. The van der Waals surface area contributed by atoms with Crippen LogP contribution in [0.2, 0.25) is 10.0 Å². The van der Waals surface area contributed by atoms with Crippen molar-refractivity contribution >= 4 is 40.8 Å². The Hall–Kier alpha value is -3.18. The quantitative estimate of drug-likeness (QED) is 0.217. The maximum Gasteiger partial charge on any atom is 0.417 e. The molecule has 0 N–H and O–H groups in total. The molecule has 13 heteroatoms. The third-order valence-electron chi connectivity index (χ3n) is 5.09. The van der Waals surface area contributed by atoms with Gasteiger partial charge in [0.05, 0.1) is 12.1 Å². The van der Waals surface area contributed by atoms with Crippen molar-refractivity contribution in [3.8, 4) is 0 Å². The Labute approximate surface area is 216 Å². The first-order valence-electron chi connectivity index (χ1n) is 10.3.